The van der Waals surface area contributed by atoms with Gasteiger partial charge in [-0.1, -0.05) is 6.58 Å². The van der Waals surface area contributed by atoms with Crippen LogP contribution in [0.4, 0.5) is 0 Å². The quantitative estimate of drug-likeness (QED) is 0.451. The second-order valence-corrected chi connectivity index (χ2v) is 1.60. The average Bonchev–Trinajstić information content (AvgIpc) is 1.89. The van der Waals surface area contributed by atoms with E-state index in [0.717, 1.165) is 6.54 Å². The van der Waals surface area contributed by atoms with Crippen LogP contribution in [0, 0.1) is 0 Å². The van der Waals surface area contributed by atoms with E-state index >= 15 is 0 Å². The highest BCUT2D eigenvalue weighted by Crippen LogP contribution is 1.63. The molecule has 10 heavy (non-hydrogen) atoms. The summed E-state index contributed by atoms with van der Waals surface area (Å²) in [6.07, 6.45) is 1.26. The number of nitrogens with one attached hydrogen (secondary N) is 2. The fraction of sp³-hybridized carbons (Fsp3) is 0.500. The van der Waals surface area contributed by atoms with E-state index in [0.29, 0.717) is 6.54 Å². The molecule has 0 aliphatic rings. The van der Waals surface area contributed by atoms with Crippen molar-refractivity contribution < 1.29 is 4.79 Å². The molecule has 0 unspecified atom stereocenters. The monoisotopic (exact) mass is 164 g/mol. The highest BCUT2D eigenvalue weighted by molar-refractivity contribution is 5.86. The van der Waals surface area contributed by atoms with Gasteiger partial charge >= 0.3 is 0 Å². The molecule has 1 amide bonds. The van der Waals surface area contributed by atoms with Crippen molar-refractivity contribution in [2.75, 3.05) is 20.1 Å². The maximum absolute atomic E-state index is 10.4. The van der Waals surface area contributed by atoms with E-state index < -0.39 is 0 Å². The van der Waals surface area contributed by atoms with Crippen LogP contribution >= 0.6 is 12.4 Å². The Morgan fingerprint density at radius 2 is 2.20 bits per heavy atom. The van der Waals surface area contributed by atoms with Gasteiger partial charge in [-0.05, 0) is 13.1 Å². The zero-order chi connectivity index (χ0) is 7.11. The van der Waals surface area contributed by atoms with Crippen LogP contribution in [0.2, 0.25) is 0 Å². The van der Waals surface area contributed by atoms with Gasteiger partial charge in [-0.25, -0.2) is 0 Å². The Morgan fingerprint density at radius 1 is 1.60 bits per heavy atom. The molecule has 0 bridgehead atoms. The van der Waals surface area contributed by atoms with Crippen LogP contribution in [0.1, 0.15) is 0 Å². The van der Waals surface area contributed by atoms with Crippen LogP contribution in [0.3, 0.4) is 0 Å². The third-order valence-corrected chi connectivity index (χ3v) is 0.860. The lowest BCUT2D eigenvalue weighted by atomic mass is 10.5. The molecule has 0 radical (unpaired) electrons. The van der Waals surface area contributed by atoms with Crippen molar-refractivity contribution in [3.05, 3.63) is 12.7 Å². The highest BCUT2D eigenvalue weighted by atomic mass is 35.5. The largest absolute Gasteiger partial charge is 0.351 e. The fourth-order valence-corrected chi connectivity index (χ4v) is 0.383. The Bertz CT molecular complexity index is 106. The molecule has 0 aromatic rings. The predicted octanol–water partition coefficient (Wildman–Crippen LogP) is -0.0702. The first-order valence-electron chi connectivity index (χ1n) is 2.86. The van der Waals surface area contributed by atoms with Gasteiger partial charge in [-0.3, -0.25) is 4.79 Å². The third-order valence-electron chi connectivity index (χ3n) is 0.860. The summed E-state index contributed by atoms with van der Waals surface area (Å²) in [5, 5.41) is 5.51. The molecule has 0 aliphatic carbocycles. The normalized spacial score (nSPS) is 7.70. The Kier molecular flexibility index (Phi) is 10.3. The van der Waals surface area contributed by atoms with Crippen molar-refractivity contribution in [1.82, 2.24) is 10.6 Å². The number of carbonyl (C=O) groups is 1. The molecule has 60 valence electrons. The number of hydrogen-bond acceptors (Lipinski definition) is 2. The molecule has 0 saturated carbocycles. The van der Waals surface area contributed by atoms with Crippen molar-refractivity contribution in [1.29, 1.82) is 0 Å². The van der Waals surface area contributed by atoms with Crippen molar-refractivity contribution in [2.24, 2.45) is 0 Å². The molecular weight excluding hydrogens is 152 g/mol. The number of halogens is 1. The Labute approximate surface area is 67.3 Å². The molecule has 4 heteroatoms. The number of hydrogen-bond donors (Lipinski definition) is 2. The maximum atomic E-state index is 10.4. The number of amides is 1. The zero-order valence-corrected chi connectivity index (χ0v) is 6.83. The summed E-state index contributed by atoms with van der Waals surface area (Å²) in [6.45, 7) is 4.75. The summed E-state index contributed by atoms with van der Waals surface area (Å²) < 4.78 is 0. The van der Waals surface area contributed by atoms with E-state index in [4.69, 9.17) is 0 Å². The first-order chi connectivity index (χ1) is 4.31. The lowest BCUT2D eigenvalue weighted by molar-refractivity contribution is -0.116. The van der Waals surface area contributed by atoms with Crippen LogP contribution in [-0.2, 0) is 4.79 Å². The minimum absolute atomic E-state index is 0. The van der Waals surface area contributed by atoms with Crippen molar-refractivity contribution in [2.45, 2.75) is 0 Å². The Balaban J connectivity index is 0. The zero-order valence-electron chi connectivity index (χ0n) is 6.02. The van der Waals surface area contributed by atoms with Crippen LogP contribution in [0.15, 0.2) is 12.7 Å². The van der Waals surface area contributed by atoms with Gasteiger partial charge < -0.3 is 10.6 Å². The van der Waals surface area contributed by atoms with Crippen LogP contribution in [0.25, 0.3) is 0 Å². The van der Waals surface area contributed by atoms with Crippen LogP contribution in [-0.4, -0.2) is 26.0 Å². The van der Waals surface area contributed by atoms with E-state index in [-0.39, 0.29) is 18.3 Å². The number of likely N-dealkylation sites (N-methyl/N-ethyl adjacent to an activating group) is 1. The van der Waals surface area contributed by atoms with Gasteiger partial charge in [-0.15, -0.1) is 12.4 Å². The van der Waals surface area contributed by atoms with E-state index in [1.54, 1.807) is 0 Å². The molecule has 0 heterocycles. The Hall–Kier alpha value is -0.540. The third kappa shape index (κ3) is 7.46. The molecular formula is C6H13ClN2O. The summed E-state index contributed by atoms with van der Waals surface area (Å²) in [5.74, 6) is -0.120. The molecule has 3 nitrogen and oxygen atoms in total. The molecule has 0 aliphatic heterocycles. The van der Waals surface area contributed by atoms with Gasteiger partial charge in [0, 0.05) is 13.1 Å². The number of rotatable bonds is 4. The minimum atomic E-state index is -0.120. The molecule has 0 aromatic carbocycles. The summed E-state index contributed by atoms with van der Waals surface area (Å²) in [5.41, 5.74) is 0. The lowest BCUT2D eigenvalue weighted by Crippen LogP contribution is -2.28. The average molecular weight is 165 g/mol. The smallest absolute Gasteiger partial charge is 0.243 e. The predicted molar refractivity (Wildman–Crippen MR) is 44.4 cm³/mol. The van der Waals surface area contributed by atoms with Gasteiger partial charge in [0.25, 0.3) is 0 Å². The molecule has 2 N–H and O–H groups in total. The van der Waals surface area contributed by atoms with E-state index in [9.17, 15) is 4.79 Å². The van der Waals surface area contributed by atoms with Crippen molar-refractivity contribution in [3.8, 4) is 0 Å². The van der Waals surface area contributed by atoms with E-state index in [1.807, 2.05) is 7.05 Å². The molecule has 0 rings (SSSR count). The topological polar surface area (TPSA) is 41.1 Å². The van der Waals surface area contributed by atoms with Crippen LogP contribution in [0.5, 0.6) is 0 Å². The molecule has 0 atom stereocenters. The summed E-state index contributed by atoms with van der Waals surface area (Å²) in [4.78, 5) is 10.4. The molecule has 0 spiro atoms. The van der Waals surface area contributed by atoms with Gasteiger partial charge in [-0.2, -0.15) is 0 Å². The fourth-order valence-electron chi connectivity index (χ4n) is 0.383. The second kappa shape index (κ2) is 8.46. The minimum Gasteiger partial charge on any atom is -0.351 e. The van der Waals surface area contributed by atoms with Gasteiger partial charge in [0.2, 0.25) is 5.91 Å². The van der Waals surface area contributed by atoms with Gasteiger partial charge in [0.15, 0.2) is 0 Å². The second-order valence-electron chi connectivity index (χ2n) is 1.60. The maximum Gasteiger partial charge on any atom is 0.243 e. The summed E-state index contributed by atoms with van der Waals surface area (Å²) >= 11 is 0. The van der Waals surface area contributed by atoms with Crippen LogP contribution < -0.4 is 10.6 Å². The standard InChI is InChI=1S/C6H12N2O.ClH/c1-3-6(9)8-5-4-7-2;/h3,7H,1,4-5H2,2H3,(H,8,9);1H. The SMILES string of the molecule is C=CC(=O)NCCNC.Cl. The lowest BCUT2D eigenvalue weighted by Gasteiger charge is -1.98. The van der Waals surface area contributed by atoms with Gasteiger partial charge in [0.1, 0.15) is 0 Å². The molecule has 0 saturated heterocycles. The highest BCUT2D eigenvalue weighted by Gasteiger charge is 1.88. The summed E-state index contributed by atoms with van der Waals surface area (Å²) in [7, 11) is 1.83. The van der Waals surface area contributed by atoms with E-state index in [2.05, 4.69) is 17.2 Å². The van der Waals surface area contributed by atoms with Crippen molar-refractivity contribution >= 4 is 18.3 Å². The van der Waals surface area contributed by atoms with E-state index in [1.165, 1.54) is 6.08 Å². The van der Waals surface area contributed by atoms with Crippen molar-refractivity contribution in [3.63, 3.8) is 0 Å². The molecule has 0 aromatic heterocycles. The molecule has 0 fully saturated rings. The Morgan fingerprint density at radius 3 is 2.60 bits per heavy atom. The van der Waals surface area contributed by atoms with Gasteiger partial charge in [0.05, 0.1) is 0 Å². The number of carbonyl (C=O) groups excluding carboxylic acids is 1. The first-order valence-corrected chi connectivity index (χ1v) is 2.86. The first kappa shape index (κ1) is 12.2. The summed E-state index contributed by atoms with van der Waals surface area (Å²) in [6, 6.07) is 0.